The molecule has 0 nitrogen and oxygen atoms in total. The van der Waals surface area contributed by atoms with E-state index in [9.17, 15) is 0 Å². The average Bonchev–Trinajstić information content (AvgIpc) is 2.25. The number of fused-ring (bicyclic) bond motifs is 9. The van der Waals surface area contributed by atoms with Gasteiger partial charge in [-0.05, 0) is 36.5 Å². The first-order chi connectivity index (χ1) is 7.77. The Kier molecular flexibility index (Phi) is 4.73. The molecule has 0 aliphatic heterocycles. The lowest BCUT2D eigenvalue weighted by atomic mass is 9.68. The first-order valence-electron chi connectivity index (χ1n) is 7.77. The zero-order valence-electron chi connectivity index (χ0n) is 11.4. The zero-order valence-corrected chi connectivity index (χ0v) is 11.4. The third kappa shape index (κ3) is 3.25. The third-order valence-electron chi connectivity index (χ3n) is 5.35. The molecule has 94 valence electrons. The molecular weight excluding hydrogens is 192 g/mol. The number of hydrogen-bond donors (Lipinski definition) is 0. The fourth-order valence-corrected chi connectivity index (χ4v) is 4.28. The summed E-state index contributed by atoms with van der Waals surface area (Å²) < 4.78 is 0. The molecule has 3 saturated carbocycles. The quantitative estimate of drug-likeness (QED) is 0.513. The molecule has 0 aromatic carbocycles. The standard InChI is InChI=1S/C16H30/c1-13-8-6-4-3-5-7-9-15-10-11-16(13)14(2)12-15/h13-16H,3-12H2,1-2H3/t13?,14-,15?,16?/m1/s1. The van der Waals surface area contributed by atoms with Crippen LogP contribution in [0.2, 0.25) is 0 Å². The summed E-state index contributed by atoms with van der Waals surface area (Å²) in [6, 6.07) is 0. The van der Waals surface area contributed by atoms with Gasteiger partial charge in [-0.1, -0.05) is 65.2 Å². The SMILES string of the molecule is CC1CCCCCCCC2CCC1[C@H](C)C2. The van der Waals surface area contributed by atoms with Crippen molar-refractivity contribution in [2.24, 2.45) is 23.7 Å². The topological polar surface area (TPSA) is 0 Å². The highest BCUT2D eigenvalue weighted by molar-refractivity contribution is 4.81. The summed E-state index contributed by atoms with van der Waals surface area (Å²) in [5.41, 5.74) is 0. The van der Waals surface area contributed by atoms with Gasteiger partial charge in [0.1, 0.15) is 0 Å². The smallest absolute Gasteiger partial charge is 0.0362 e. The van der Waals surface area contributed by atoms with Crippen molar-refractivity contribution in [1.82, 2.24) is 0 Å². The summed E-state index contributed by atoms with van der Waals surface area (Å²) in [5.74, 6) is 4.14. The molecule has 4 atom stereocenters. The van der Waals surface area contributed by atoms with Gasteiger partial charge in [0.2, 0.25) is 0 Å². The lowest BCUT2D eigenvalue weighted by molar-refractivity contribution is 0.127. The Hall–Kier alpha value is 0. The lowest BCUT2D eigenvalue weighted by Gasteiger charge is -2.38. The Morgan fingerprint density at radius 2 is 1.31 bits per heavy atom. The van der Waals surface area contributed by atoms with E-state index in [0.29, 0.717) is 0 Å². The van der Waals surface area contributed by atoms with Gasteiger partial charge in [0.15, 0.2) is 0 Å². The van der Waals surface area contributed by atoms with Crippen molar-refractivity contribution in [2.75, 3.05) is 0 Å². The Bertz CT molecular complexity index is 192. The first kappa shape index (κ1) is 12.5. The third-order valence-corrected chi connectivity index (χ3v) is 5.35. The molecule has 0 saturated heterocycles. The van der Waals surface area contributed by atoms with Gasteiger partial charge in [-0.25, -0.2) is 0 Å². The highest BCUT2D eigenvalue weighted by Crippen LogP contribution is 2.41. The molecule has 0 spiro atoms. The van der Waals surface area contributed by atoms with Crippen LogP contribution in [0.1, 0.15) is 78.1 Å². The van der Waals surface area contributed by atoms with Crippen molar-refractivity contribution in [3.63, 3.8) is 0 Å². The van der Waals surface area contributed by atoms with Crippen LogP contribution in [-0.4, -0.2) is 0 Å². The molecule has 3 fully saturated rings. The summed E-state index contributed by atoms with van der Waals surface area (Å²) >= 11 is 0. The molecule has 3 unspecified atom stereocenters. The van der Waals surface area contributed by atoms with Crippen LogP contribution in [-0.2, 0) is 0 Å². The van der Waals surface area contributed by atoms with Crippen molar-refractivity contribution < 1.29 is 0 Å². The van der Waals surface area contributed by atoms with Crippen LogP contribution in [0.3, 0.4) is 0 Å². The Labute approximate surface area is 102 Å². The normalized spacial score (nSPS) is 42.4. The molecule has 0 heteroatoms. The monoisotopic (exact) mass is 222 g/mol. The largest absolute Gasteiger partial charge is 0.0622 e. The van der Waals surface area contributed by atoms with Crippen LogP contribution in [0, 0.1) is 23.7 Å². The predicted octanol–water partition coefficient (Wildman–Crippen LogP) is 5.42. The second-order valence-electron chi connectivity index (χ2n) is 6.64. The van der Waals surface area contributed by atoms with E-state index >= 15 is 0 Å². The Morgan fingerprint density at radius 3 is 2.06 bits per heavy atom. The van der Waals surface area contributed by atoms with Gasteiger partial charge in [0.25, 0.3) is 0 Å². The van der Waals surface area contributed by atoms with E-state index in [1.807, 2.05) is 0 Å². The van der Waals surface area contributed by atoms with Crippen molar-refractivity contribution in [3.8, 4) is 0 Å². The van der Waals surface area contributed by atoms with Gasteiger partial charge in [-0.2, -0.15) is 0 Å². The molecule has 2 bridgehead atoms. The molecule has 0 radical (unpaired) electrons. The summed E-state index contributed by atoms with van der Waals surface area (Å²) in [4.78, 5) is 0. The Balaban J connectivity index is 1.94. The highest BCUT2D eigenvalue weighted by Gasteiger charge is 2.30. The second kappa shape index (κ2) is 6.07. The minimum atomic E-state index is 0.996. The van der Waals surface area contributed by atoms with Gasteiger partial charge < -0.3 is 0 Å². The molecule has 0 amide bonds. The minimum absolute atomic E-state index is 0.996. The molecular formula is C16H30. The molecule has 3 aliphatic rings. The van der Waals surface area contributed by atoms with Crippen LogP contribution in [0.5, 0.6) is 0 Å². The van der Waals surface area contributed by atoms with Crippen LogP contribution in [0.4, 0.5) is 0 Å². The average molecular weight is 222 g/mol. The zero-order chi connectivity index (χ0) is 11.4. The molecule has 3 aliphatic carbocycles. The Morgan fingerprint density at radius 1 is 0.625 bits per heavy atom. The molecule has 3 rings (SSSR count). The fraction of sp³-hybridized carbons (Fsp3) is 1.00. The highest BCUT2D eigenvalue weighted by atomic mass is 14.4. The van der Waals surface area contributed by atoms with E-state index in [-0.39, 0.29) is 0 Å². The molecule has 0 aromatic rings. The van der Waals surface area contributed by atoms with Crippen molar-refractivity contribution in [2.45, 2.75) is 78.1 Å². The molecule has 0 N–H and O–H groups in total. The maximum atomic E-state index is 2.53. The van der Waals surface area contributed by atoms with E-state index in [1.54, 1.807) is 6.42 Å². The van der Waals surface area contributed by atoms with E-state index in [0.717, 1.165) is 23.7 Å². The maximum absolute atomic E-state index is 2.53. The number of rotatable bonds is 0. The summed E-state index contributed by atoms with van der Waals surface area (Å²) in [7, 11) is 0. The molecule has 0 heterocycles. The van der Waals surface area contributed by atoms with Gasteiger partial charge >= 0.3 is 0 Å². The molecule has 0 aromatic heterocycles. The van der Waals surface area contributed by atoms with Crippen molar-refractivity contribution in [1.29, 1.82) is 0 Å². The van der Waals surface area contributed by atoms with Crippen molar-refractivity contribution >= 4 is 0 Å². The van der Waals surface area contributed by atoms with E-state index in [1.165, 1.54) is 57.8 Å². The lowest BCUT2D eigenvalue weighted by Crippen LogP contribution is -2.28. The number of hydrogen-bond acceptors (Lipinski definition) is 0. The van der Waals surface area contributed by atoms with Crippen LogP contribution < -0.4 is 0 Å². The van der Waals surface area contributed by atoms with Gasteiger partial charge in [-0.3, -0.25) is 0 Å². The minimum Gasteiger partial charge on any atom is -0.0622 e. The van der Waals surface area contributed by atoms with Crippen molar-refractivity contribution in [3.05, 3.63) is 0 Å². The maximum Gasteiger partial charge on any atom is -0.0362 e. The molecule has 16 heavy (non-hydrogen) atoms. The van der Waals surface area contributed by atoms with Gasteiger partial charge in [0.05, 0.1) is 0 Å². The first-order valence-corrected chi connectivity index (χ1v) is 7.77. The van der Waals surface area contributed by atoms with Crippen LogP contribution in [0.15, 0.2) is 0 Å². The summed E-state index contributed by atoms with van der Waals surface area (Å²) in [6.45, 7) is 5.05. The van der Waals surface area contributed by atoms with E-state index < -0.39 is 0 Å². The van der Waals surface area contributed by atoms with E-state index in [4.69, 9.17) is 0 Å². The second-order valence-corrected chi connectivity index (χ2v) is 6.64. The van der Waals surface area contributed by atoms with Crippen LogP contribution in [0.25, 0.3) is 0 Å². The summed E-state index contributed by atoms with van der Waals surface area (Å²) in [5, 5.41) is 0. The van der Waals surface area contributed by atoms with E-state index in [2.05, 4.69) is 13.8 Å². The predicted molar refractivity (Wildman–Crippen MR) is 71.5 cm³/mol. The van der Waals surface area contributed by atoms with Crippen LogP contribution >= 0.6 is 0 Å². The fourth-order valence-electron chi connectivity index (χ4n) is 4.28. The van der Waals surface area contributed by atoms with Gasteiger partial charge in [0, 0.05) is 0 Å². The summed E-state index contributed by atoms with van der Waals surface area (Å²) in [6.07, 6.45) is 15.1. The van der Waals surface area contributed by atoms with Gasteiger partial charge in [-0.15, -0.1) is 0 Å².